The molecule has 0 aromatic heterocycles. The molecule has 1 N–H and O–H groups in total. The minimum absolute atomic E-state index is 0.156. The van der Waals surface area contributed by atoms with Crippen LogP contribution in [0.1, 0.15) is 22.3 Å². The normalized spacial score (nSPS) is 23.8. The van der Waals surface area contributed by atoms with E-state index in [9.17, 15) is 9.32 Å². The van der Waals surface area contributed by atoms with E-state index >= 15 is 0 Å². The monoisotopic (exact) mass is 528 g/mol. The van der Waals surface area contributed by atoms with Gasteiger partial charge in [-0.2, -0.15) is 0 Å². The second-order valence-electron chi connectivity index (χ2n) is 9.52. The third-order valence-corrected chi connectivity index (χ3v) is 8.16. The molecule has 0 aliphatic carbocycles. The second-order valence-corrected chi connectivity index (χ2v) is 11.0. The molecule has 1 aliphatic heterocycles. The zero-order valence-corrected chi connectivity index (χ0v) is 22.1. The molecule has 4 aromatic rings. The molecule has 5 nitrogen and oxygen atoms in total. The number of aryl methyl sites for hydroxylation is 1. The van der Waals surface area contributed by atoms with E-state index in [1.165, 1.54) is 0 Å². The van der Waals surface area contributed by atoms with Crippen LogP contribution >= 0.6 is 0 Å². The summed E-state index contributed by atoms with van der Waals surface area (Å²) in [6, 6.07) is 36.5. The predicted molar refractivity (Wildman–Crippen MR) is 148 cm³/mol. The van der Waals surface area contributed by atoms with Crippen molar-refractivity contribution in [3.8, 4) is 0 Å². The Kier molecular flexibility index (Phi) is 8.47. The van der Waals surface area contributed by atoms with Crippen LogP contribution in [-0.2, 0) is 44.0 Å². The molecule has 1 heterocycles. The maximum atomic E-state index is 13.4. The molecule has 1 aliphatic rings. The zero-order valence-electron chi connectivity index (χ0n) is 21.3. The van der Waals surface area contributed by atoms with Gasteiger partial charge in [-0.1, -0.05) is 109 Å². The van der Waals surface area contributed by atoms with Crippen LogP contribution in [0.15, 0.2) is 120 Å². The fraction of sp³-hybridized carbons (Fsp3) is 0.250. The lowest BCUT2D eigenvalue weighted by atomic mass is 9.97. The van der Waals surface area contributed by atoms with Gasteiger partial charge in [-0.3, -0.25) is 4.21 Å². The SMILES string of the molecule is Cc1ccc(S(=O)C[C@@H]2OC(O)(c3ccccc3)[C@@H](OCc3ccccc3)[C@@H]2OCc2ccccc2)cc1. The molecule has 0 radical (unpaired) electrons. The summed E-state index contributed by atoms with van der Waals surface area (Å²) in [5.41, 5.74) is 3.62. The molecule has 0 amide bonds. The highest BCUT2D eigenvalue weighted by Crippen LogP contribution is 2.42. The molecule has 1 fully saturated rings. The summed E-state index contributed by atoms with van der Waals surface area (Å²) in [6.45, 7) is 2.57. The molecule has 38 heavy (non-hydrogen) atoms. The van der Waals surface area contributed by atoms with Crippen LogP contribution in [0.2, 0.25) is 0 Å². The highest BCUT2D eigenvalue weighted by Gasteiger charge is 2.57. The molecule has 5 rings (SSSR count). The van der Waals surface area contributed by atoms with Gasteiger partial charge in [-0.25, -0.2) is 0 Å². The van der Waals surface area contributed by atoms with Crippen molar-refractivity contribution in [2.24, 2.45) is 0 Å². The van der Waals surface area contributed by atoms with E-state index in [0.29, 0.717) is 17.1 Å². The van der Waals surface area contributed by atoms with Gasteiger partial charge in [0.25, 0.3) is 0 Å². The van der Waals surface area contributed by atoms with Crippen molar-refractivity contribution in [3.63, 3.8) is 0 Å². The maximum Gasteiger partial charge on any atom is 0.222 e. The Morgan fingerprint density at radius 3 is 1.87 bits per heavy atom. The van der Waals surface area contributed by atoms with Gasteiger partial charge in [0, 0.05) is 10.5 Å². The number of hydrogen-bond donors (Lipinski definition) is 1. The smallest absolute Gasteiger partial charge is 0.222 e. The van der Waals surface area contributed by atoms with Crippen molar-refractivity contribution < 1.29 is 23.5 Å². The first-order valence-electron chi connectivity index (χ1n) is 12.7. The van der Waals surface area contributed by atoms with Gasteiger partial charge in [-0.05, 0) is 30.2 Å². The van der Waals surface area contributed by atoms with Gasteiger partial charge in [0.2, 0.25) is 5.79 Å². The highest BCUT2D eigenvalue weighted by atomic mass is 32.2. The summed E-state index contributed by atoms with van der Waals surface area (Å²) in [5, 5.41) is 12.0. The molecule has 0 saturated carbocycles. The molecule has 6 heteroatoms. The van der Waals surface area contributed by atoms with Crippen molar-refractivity contribution in [2.45, 2.75) is 49.1 Å². The van der Waals surface area contributed by atoms with Gasteiger partial charge in [0.1, 0.15) is 18.3 Å². The average molecular weight is 529 g/mol. The highest BCUT2D eigenvalue weighted by molar-refractivity contribution is 7.85. The molecule has 5 atom stereocenters. The predicted octanol–water partition coefficient (Wildman–Crippen LogP) is 5.52. The van der Waals surface area contributed by atoms with Crippen molar-refractivity contribution in [2.75, 3.05) is 5.75 Å². The number of hydrogen-bond acceptors (Lipinski definition) is 5. The summed E-state index contributed by atoms with van der Waals surface area (Å²) < 4.78 is 32.6. The van der Waals surface area contributed by atoms with Crippen molar-refractivity contribution in [3.05, 3.63) is 138 Å². The van der Waals surface area contributed by atoms with Crippen molar-refractivity contribution >= 4 is 10.8 Å². The quantitative estimate of drug-likeness (QED) is 0.294. The van der Waals surface area contributed by atoms with Crippen LogP contribution in [0.3, 0.4) is 0 Å². The first-order chi connectivity index (χ1) is 18.5. The van der Waals surface area contributed by atoms with Gasteiger partial charge in [0.05, 0.1) is 29.8 Å². The Morgan fingerprint density at radius 2 is 1.29 bits per heavy atom. The molecule has 1 saturated heterocycles. The third-order valence-electron chi connectivity index (χ3n) is 6.73. The Bertz CT molecular complexity index is 1310. The first kappa shape index (κ1) is 26.5. The largest absolute Gasteiger partial charge is 0.368 e. The topological polar surface area (TPSA) is 65.0 Å². The van der Waals surface area contributed by atoms with Crippen LogP contribution in [0.5, 0.6) is 0 Å². The van der Waals surface area contributed by atoms with E-state index in [4.69, 9.17) is 14.2 Å². The molecule has 196 valence electrons. The van der Waals surface area contributed by atoms with E-state index in [-0.39, 0.29) is 12.4 Å². The van der Waals surface area contributed by atoms with Crippen LogP contribution in [0, 0.1) is 6.92 Å². The number of benzene rings is 4. The lowest BCUT2D eigenvalue weighted by Gasteiger charge is -2.31. The number of aliphatic hydroxyl groups is 1. The molecular formula is C32H32O5S. The minimum Gasteiger partial charge on any atom is -0.368 e. The fourth-order valence-corrected chi connectivity index (χ4v) is 5.87. The van der Waals surface area contributed by atoms with E-state index in [0.717, 1.165) is 16.7 Å². The summed E-state index contributed by atoms with van der Waals surface area (Å²) in [7, 11) is -1.37. The third kappa shape index (κ3) is 6.12. The summed E-state index contributed by atoms with van der Waals surface area (Å²) in [4.78, 5) is 0.706. The van der Waals surface area contributed by atoms with E-state index in [1.807, 2.05) is 122 Å². The van der Waals surface area contributed by atoms with E-state index in [1.54, 1.807) is 0 Å². The first-order valence-corrected chi connectivity index (χ1v) is 14.1. The van der Waals surface area contributed by atoms with Crippen molar-refractivity contribution in [1.82, 2.24) is 0 Å². The number of rotatable bonds is 10. The minimum atomic E-state index is -1.78. The summed E-state index contributed by atoms with van der Waals surface area (Å²) >= 11 is 0. The Morgan fingerprint density at radius 1 is 0.763 bits per heavy atom. The second kappa shape index (κ2) is 12.2. The summed E-state index contributed by atoms with van der Waals surface area (Å²) in [6.07, 6.45) is -2.20. The van der Waals surface area contributed by atoms with E-state index in [2.05, 4.69) is 0 Å². The van der Waals surface area contributed by atoms with Crippen LogP contribution in [0.4, 0.5) is 0 Å². The lowest BCUT2D eigenvalue weighted by molar-refractivity contribution is -0.248. The van der Waals surface area contributed by atoms with Gasteiger partial charge in [-0.15, -0.1) is 0 Å². The molecule has 4 aromatic carbocycles. The van der Waals surface area contributed by atoms with Gasteiger partial charge in [0.15, 0.2) is 0 Å². The van der Waals surface area contributed by atoms with Crippen LogP contribution < -0.4 is 0 Å². The maximum absolute atomic E-state index is 13.4. The van der Waals surface area contributed by atoms with Crippen molar-refractivity contribution in [1.29, 1.82) is 0 Å². The Hall–Kier alpha value is -3.13. The standard InChI is InChI=1S/C32H32O5S/c1-24-17-19-28(20-18-24)38(34)23-29-30(35-21-25-11-5-2-6-12-25)31(36-22-26-13-7-3-8-14-26)32(33,37-29)27-15-9-4-10-16-27/h2-20,29-31,33H,21-23H2,1H3/t29-,30+,31-,32?,38?/m0/s1. The molecular weight excluding hydrogens is 496 g/mol. The number of ether oxygens (including phenoxy) is 3. The Balaban J connectivity index is 1.47. The van der Waals surface area contributed by atoms with Crippen LogP contribution in [-0.4, -0.2) is 33.4 Å². The average Bonchev–Trinajstić information content (AvgIpc) is 3.23. The van der Waals surface area contributed by atoms with Crippen LogP contribution in [0.25, 0.3) is 0 Å². The molecule has 2 unspecified atom stereocenters. The fourth-order valence-electron chi connectivity index (χ4n) is 4.69. The molecule has 0 bridgehead atoms. The molecule has 0 spiro atoms. The van der Waals surface area contributed by atoms with Gasteiger partial charge < -0.3 is 19.3 Å². The van der Waals surface area contributed by atoms with E-state index < -0.39 is 34.9 Å². The summed E-state index contributed by atoms with van der Waals surface area (Å²) in [5.74, 6) is -1.62. The Labute approximate surface area is 226 Å². The zero-order chi connectivity index (χ0) is 26.4. The lowest BCUT2D eigenvalue weighted by Crippen LogP contribution is -2.44. The van der Waals surface area contributed by atoms with Gasteiger partial charge >= 0.3 is 0 Å².